The number of carbonyl (C=O) groups excluding carboxylic acids is 1. The summed E-state index contributed by atoms with van der Waals surface area (Å²) in [5.74, 6) is 4.35. The number of rotatable bonds is 14. The van der Waals surface area contributed by atoms with Crippen molar-refractivity contribution < 1.29 is 9.53 Å². The zero-order chi connectivity index (χ0) is 26.7. The van der Waals surface area contributed by atoms with Gasteiger partial charge in [0.05, 0.1) is 0 Å². The molecule has 3 nitrogen and oxygen atoms in total. The standard InChI is InChI=1S/C33H58BNO2/c1-5-9-23-32(8-4)37-26-33(36)35-31(7-3)25-24-27(6-2)28-17-15-21-30(22-16-18-28)34-29-19-13-11-10-12-14-20-29/h5,8-9,23,27-31,34H,1,6-7,10-22,24-26H2,2-4H3,(H,35,36)/b23-9-,32-8+. The van der Waals surface area contributed by atoms with Crippen molar-refractivity contribution in [1.82, 2.24) is 5.32 Å². The van der Waals surface area contributed by atoms with E-state index >= 15 is 0 Å². The van der Waals surface area contributed by atoms with E-state index in [1.807, 2.05) is 25.2 Å². The van der Waals surface area contributed by atoms with Gasteiger partial charge in [-0.05, 0) is 50.2 Å². The number of nitrogens with one attached hydrogen (secondary N) is 1. The Labute approximate surface area is 230 Å². The summed E-state index contributed by atoms with van der Waals surface area (Å²) < 4.78 is 5.65. The van der Waals surface area contributed by atoms with Crippen LogP contribution < -0.4 is 5.32 Å². The molecule has 0 aliphatic heterocycles. The molecule has 0 aromatic rings. The second kappa shape index (κ2) is 19.6. The molecular weight excluding hydrogens is 453 g/mol. The minimum Gasteiger partial charge on any atom is -0.484 e. The topological polar surface area (TPSA) is 38.3 Å². The number of hydrogen-bond donors (Lipinski definition) is 1. The van der Waals surface area contributed by atoms with Gasteiger partial charge >= 0.3 is 0 Å². The summed E-state index contributed by atoms with van der Waals surface area (Å²) in [6, 6.07) is 0.240. The highest BCUT2D eigenvalue weighted by Crippen LogP contribution is 2.38. The van der Waals surface area contributed by atoms with E-state index in [1.54, 1.807) is 6.08 Å². The lowest BCUT2D eigenvalue weighted by molar-refractivity contribution is -0.125. The van der Waals surface area contributed by atoms with Crippen molar-refractivity contribution in [3.05, 3.63) is 36.6 Å². The van der Waals surface area contributed by atoms with Crippen LogP contribution in [0.25, 0.3) is 0 Å². The molecule has 2 fully saturated rings. The number of carbonyl (C=O) groups is 1. The first-order valence-corrected chi connectivity index (χ1v) is 16.0. The Morgan fingerprint density at radius 3 is 2.11 bits per heavy atom. The van der Waals surface area contributed by atoms with Gasteiger partial charge in [0.25, 0.3) is 5.91 Å². The van der Waals surface area contributed by atoms with E-state index in [1.165, 1.54) is 104 Å². The fourth-order valence-electron chi connectivity index (χ4n) is 6.96. The van der Waals surface area contributed by atoms with E-state index in [0.717, 1.165) is 36.3 Å². The largest absolute Gasteiger partial charge is 0.484 e. The molecule has 0 aromatic heterocycles. The van der Waals surface area contributed by atoms with Crippen LogP contribution in [0.3, 0.4) is 0 Å². The van der Waals surface area contributed by atoms with Gasteiger partial charge in [0, 0.05) is 6.04 Å². The van der Waals surface area contributed by atoms with Crippen LogP contribution >= 0.6 is 0 Å². The van der Waals surface area contributed by atoms with Crippen molar-refractivity contribution in [2.24, 2.45) is 11.8 Å². The molecule has 0 radical (unpaired) electrons. The van der Waals surface area contributed by atoms with Crippen LogP contribution in [0.4, 0.5) is 0 Å². The molecule has 2 rings (SSSR count). The Morgan fingerprint density at radius 2 is 1.54 bits per heavy atom. The normalized spacial score (nSPS) is 24.2. The summed E-state index contributed by atoms with van der Waals surface area (Å²) in [5.41, 5.74) is 0. The molecule has 210 valence electrons. The first-order valence-electron chi connectivity index (χ1n) is 16.0. The molecule has 0 heterocycles. The van der Waals surface area contributed by atoms with Crippen LogP contribution in [-0.4, -0.2) is 25.8 Å². The highest BCUT2D eigenvalue weighted by Gasteiger charge is 2.26. The van der Waals surface area contributed by atoms with Gasteiger partial charge in [0.15, 0.2) is 6.61 Å². The fourth-order valence-corrected chi connectivity index (χ4v) is 6.96. The second-order valence-corrected chi connectivity index (χ2v) is 11.9. The van der Waals surface area contributed by atoms with Crippen LogP contribution in [0.2, 0.25) is 11.6 Å². The maximum atomic E-state index is 12.5. The minimum absolute atomic E-state index is 0.0208. The first-order chi connectivity index (χ1) is 18.1. The van der Waals surface area contributed by atoms with Gasteiger partial charge in [-0.2, -0.15) is 0 Å². The van der Waals surface area contributed by atoms with Crippen LogP contribution in [0, 0.1) is 11.8 Å². The van der Waals surface area contributed by atoms with Gasteiger partial charge < -0.3 is 10.1 Å². The number of amides is 1. The monoisotopic (exact) mass is 511 g/mol. The number of hydrogen-bond acceptors (Lipinski definition) is 2. The van der Waals surface area contributed by atoms with Crippen molar-refractivity contribution in [1.29, 1.82) is 0 Å². The highest BCUT2D eigenvalue weighted by atomic mass is 16.5. The van der Waals surface area contributed by atoms with Crippen molar-refractivity contribution >= 4 is 13.2 Å². The average molecular weight is 512 g/mol. The molecule has 0 aromatic carbocycles. The minimum atomic E-state index is -0.0208. The third-order valence-corrected chi connectivity index (χ3v) is 9.25. The molecule has 2 aliphatic rings. The lowest BCUT2D eigenvalue weighted by Crippen LogP contribution is -2.37. The zero-order valence-electron chi connectivity index (χ0n) is 24.7. The molecule has 0 spiro atoms. The van der Waals surface area contributed by atoms with Crippen molar-refractivity contribution in [3.63, 3.8) is 0 Å². The molecule has 0 bridgehead atoms. The summed E-state index contributed by atoms with van der Waals surface area (Å²) in [7, 11) is 1.52. The van der Waals surface area contributed by atoms with Gasteiger partial charge in [0.2, 0.25) is 0 Å². The zero-order valence-corrected chi connectivity index (χ0v) is 24.7. The first kappa shape index (κ1) is 31.8. The van der Waals surface area contributed by atoms with E-state index in [9.17, 15) is 4.79 Å². The summed E-state index contributed by atoms with van der Waals surface area (Å²) in [4.78, 5) is 12.5. The predicted molar refractivity (Wildman–Crippen MR) is 162 cm³/mol. The lowest BCUT2D eigenvalue weighted by atomic mass is 9.49. The third-order valence-electron chi connectivity index (χ3n) is 9.25. The fraction of sp³-hybridized carbons (Fsp3) is 0.788. The molecule has 2 aliphatic carbocycles. The van der Waals surface area contributed by atoms with E-state index < -0.39 is 0 Å². The van der Waals surface area contributed by atoms with Gasteiger partial charge in [-0.25, -0.2) is 0 Å². The summed E-state index contributed by atoms with van der Waals surface area (Å²) in [5, 5.41) is 3.22. The molecule has 4 heteroatoms. The van der Waals surface area contributed by atoms with Crippen molar-refractivity contribution in [3.8, 4) is 0 Å². The Kier molecular flexibility index (Phi) is 16.8. The third kappa shape index (κ3) is 13.3. The smallest absolute Gasteiger partial charge is 0.258 e. The average Bonchev–Trinajstić information content (AvgIpc) is 2.87. The molecule has 2 saturated carbocycles. The second-order valence-electron chi connectivity index (χ2n) is 11.9. The van der Waals surface area contributed by atoms with E-state index in [2.05, 4.69) is 25.7 Å². The molecule has 2 unspecified atom stereocenters. The highest BCUT2D eigenvalue weighted by molar-refractivity contribution is 6.39. The molecular formula is C33H58BNO2. The molecule has 1 N–H and O–H groups in total. The van der Waals surface area contributed by atoms with Crippen LogP contribution in [-0.2, 0) is 9.53 Å². The lowest BCUT2D eigenvalue weighted by Gasteiger charge is -2.32. The SMILES string of the molecule is C=C/C=C\C(=C/C)OCC(=O)NC(CC)CCC(CC)C1CCCC(BC2CCCCCCC2)CCC1. The summed E-state index contributed by atoms with van der Waals surface area (Å²) >= 11 is 0. The quantitative estimate of drug-likeness (QED) is 0.143. The van der Waals surface area contributed by atoms with Crippen LogP contribution in [0.5, 0.6) is 0 Å². The maximum Gasteiger partial charge on any atom is 0.258 e. The Hall–Kier alpha value is -1.45. The molecule has 37 heavy (non-hydrogen) atoms. The van der Waals surface area contributed by atoms with E-state index in [4.69, 9.17) is 4.74 Å². The van der Waals surface area contributed by atoms with Crippen molar-refractivity contribution in [2.75, 3.05) is 6.61 Å². The maximum absolute atomic E-state index is 12.5. The molecule has 0 saturated heterocycles. The summed E-state index contributed by atoms with van der Waals surface area (Å²) in [6.07, 6.45) is 30.8. The molecule has 2 atom stereocenters. The molecule has 1 amide bonds. The Bertz CT molecular complexity index is 670. The van der Waals surface area contributed by atoms with Crippen LogP contribution in [0.15, 0.2) is 36.6 Å². The van der Waals surface area contributed by atoms with Gasteiger partial charge in [-0.15, -0.1) is 0 Å². The Balaban J connectivity index is 1.73. The predicted octanol–water partition coefficient (Wildman–Crippen LogP) is 9.08. The van der Waals surface area contributed by atoms with Crippen LogP contribution in [0.1, 0.15) is 130 Å². The van der Waals surface area contributed by atoms with Gasteiger partial charge in [0.1, 0.15) is 13.0 Å². The van der Waals surface area contributed by atoms with E-state index in [0.29, 0.717) is 5.76 Å². The van der Waals surface area contributed by atoms with E-state index in [-0.39, 0.29) is 18.6 Å². The van der Waals surface area contributed by atoms with Gasteiger partial charge in [-0.3, -0.25) is 4.79 Å². The van der Waals surface area contributed by atoms with Crippen molar-refractivity contribution in [2.45, 2.75) is 148 Å². The van der Waals surface area contributed by atoms with Gasteiger partial charge in [-0.1, -0.05) is 134 Å². The summed E-state index contributed by atoms with van der Waals surface area (Å²) in [6.45, 7) is 10.2. The number of allylic oxidation sites excluding steroid dienone is 4. The Morgan fingerprint density at radius 1 is 0.919 bits per heavy atom. The number of ether oxygens (including phenoxy) is 1.